The molecule has 0 N–H and O–H groups in total. The van der Waals surface area contributed by atoms with Gasteiger partial charge in [0.15, 0.2) is 0 Å². The van der Waals surface area contributed by atoms with Crippen molar-refractivity contribution in [3.05, 3.63) is 0 Å². The molecule has 0 aliphatic carbocycles. The lowest BCUT2D eigenvalue weighted by Gasteiger charge is -2.21. The Hall–Kier alpha value is 0.310. The van der Waals surface area contributed by atoms with Gasteiger partial charge in [0.1, 0.15) is 0 Å². The van der Waals surface area contributed by atoms with E-state index in [9.17, 15) is 0 Å². The molecule has 1 unspecified atom stereocenters. The van der Waals surface area contributed by atoms with Gasteiger partial charge in [0, 0.05) is 6.04 Å². The van der Waals surface area contributed by atoms with Crippen LogP contribution in [0.5, 0.6) is 0 Å². The molecule has 1 rings (SSSR count). The van der Waals surface area contributed by atoms with Crippen molar-refractivity contribution in [2.24, 2.45) is 0 Å². The lowest BCUT2D eigenvalue weighted by atomic mass is 10.1. The van der Waals surface area contributed by atoms with E-state index in [0.717, 1.165) is 6.04 Å². The molecule has 10 heavy (non-hydrogen) atoms. The van der Waals surface area contributed by atoms with Crippen molar-refractivity contribution in [3.63, 3.8) is 0 Å². The van der Waals surface area contributed by atoms with Crippen LogP contribution < -0.4 is 0 Å². The molecule has 1 nitrogen and oxygen atoms in total. The number of rotatable bonds is 1. The zero-order chi connectivity index (χ0) is 7.40. The molecule has 0 aromatic carbocycles. The first kappa shape index (κ1) is 8.41. The molecule has 60 valence electrons. The van der Waals surface area contributed by atoms with Gasteiger partial charge >= 0.3 is 0 Å². The van der Waals surface area contributed by atoms with Crippen molar-refractivity contribution in [2.75, 3.05) is 25.6 Å². The zero-order valence-corrected chi connectivity index (χ0v) is 7.78. The zero-order valence-electron chi connectivity index (χ0n) is 6.97. The van der Waals surface area contributed by atoms with E-state index in [4.69, 9.17) is 0 Å². The second kappa shape index (κ2) is 4.24. The SMILES string of the molecule is CN(C)C1CCCSCC1. The molecule has 0 aromatic rings. The van der Waals surface area contributed by atoms with Gasteiger partial charge in [0.05, 0.1) is 0 Å². The number of thioether (sulfide) groups is 1. The summed E-state index contributed by atoms with van der Waals surface area (Å²) in [5, 5.41) is 0. The Bertz CT molecular complexity index is 85.3. The van der Waals surface area contributed by atoms with Crippen LogP contribution in [-0.2, 0) is 0 Å². The predicted molar refractivity (Wildman–Crippen MR) is 48.7 cm³/mol. The molecular weight excluding hydrogens is 142 g/mol. The minimum absolute atomic E-state index is 0.856. The average molecular weight is 159 g/mol. The summed E-state index contributed by atoms with van der Waals surface area (Å²) in [7, 11) is 4.39. The van der Waals surface area contributed by atoms with Gasteiger partial charge in [0.25, 0.3) is 0 Å². The van der Waals surface area contributed by atoms with E-state index in [1.165, 1.54) is 30.8 Å². The van der Waals surface area contributed by atoms with Crippen LogP contribution in [-0.4, -0.2) is 36.5 Å². The standard InChI is InChI=1S/C8H17NS/c1-9(2)8-4-3-6-10-7-5-8/h8H,3-7H2,1-2H3. The fourth-order valence-electron chi connectivity index (χ4n) is 1.40. The van der Waals surface area contributed by atoms with Crippen molar-refractivity contribution in [2.45, 2.75) is 25.3 Å². The van der Waals surface area contributed by atoms with Gasteiger partial charge in [-0.15, -0.1) is 0 Å². The number of hydrogen-bond donors (Lipinski definition) is 0. The summed E-state index contributed by atoms with van der Waals surface area (Å²) in [5.74, 6) is 2.74. The van der Waals surface area contributed by atoms with Crippen molar-refractivity contribution in [1.29, 1.82) is 0 Å². The Labute approximate surface area is 68.2 Å². The first-order chi connectivity index (χ1) is 4.80. The maximum atomic E-state index is 2.37. The Morgan fingerprint density at radius 2 is 2.00 bits per heavy atom. The molecule has 1 saturated heterocycles. The third-order valence-electron chi connectivity index (χ3n) is 2.15. The van der Waals surface area contributed by atoms with E-state index in [0.29, 0.717) is 0 Å². The molecule has 1 heterocycles. The van der Waals surface area contributed by atoms with Crippen molar-refractivity contribution in [1.82, 2.24) is 4.90 Å². The van der Waals surface area contributed by atoms with E-state index < -0.39 is 0 Å². The summed E-state index contributed by atoms with van der Waals surface area (Å²) >= 11 is 2.11. The molecule has 0 amide bonds. The topological polar surface area (TPSA) is 3.24 Å². The van der Waals surface area contributed by atoms with Crippen LogP contribution in [0, 0.1) is 0 Å². The highest BCUT2D eigenvalue weighted by atomic mass is 32.2. The Morgan fingerprint density at radius 1 is 1.20 bits per heavy atom. The van der Waals surface area contributed by atoms with Crippen molar-refractivity contribution in [3.8, 4) is 0 Å². The van der Waals surface area contributed by atoms with E-state index >= 15 is 0 Å². The van der Waals surface area contributed by atoms with Gasteiger partial charge in [-0.05, 0) is 44.9 Å². The minimum atomic E-state index is 0.856. The monoisotopic (exact) mass is 159 g/mol. The molecule has 1 aliphatic rings. The summed E-state index contributed by atoms with van der Waals surface area (Å²) in [5.41, 5.74) is 0. The summed E-state index contributed by atoms with van der Waals surface area (Å²) in [6.07, 6.45) is 4.20. The van der Waals surface area contributed by atoms with Crippen molar-refractivity contribution >= 4 is 11.8 Å². The van der Waals surface area contributed by atoms with Gasteiger partial charge in [-0.3, -0.25) is 0 Å². The quantitative estimate of drug-likeness (QED) is 0.574. The van der Waals surface area contributed by atoms with Gasteiger partial charge in [0.2, 0.25) is 0 Å². The van der Waals surface area contributed by atoms with Gasteiger partial charge in [-0.25, -0.2) is 0 Å². The fraction of sp³-hybridized carbons (Fsp3) is 1.00. The van der Waals surface area contributed by atoms with Gasteiger partial charge in [-0.2, -0.15) is 11.8 Å². The maximum Gasteiger partial charge on any atom is 0.00973 e. The molecule has 0 aromatic heterocycles. The van der Waals surface area contributed by atoms with Crippen LogP contribution in [0.3, 0.4) is 0 Å². The van der Waals surface area contributed by atoms with E-state index in [1.807, 2.05) is 0 Å². The summed E-state index contributed by atoms with van der Waals surface area (Å²) < 4.78 is 0. The third kappa shape index (κ3) is 2.51. The highest BCUT2D eigenvalue weighted by Gasteiger charge is 2.13. The Morgan fingerprint density at radius 3 is 2.70 bits per heavy atom. The van der Waals surface area contributed by atoms with Crippen LogP contribution >= 0.6 is 11.8 Å². The maximum absolute atomic E-state index is 2.37. The normalized spacial score (nSPS) is 28.5. The highest BCUT2D eigenvalue weighted by molar-refractivity contribution is 7.99. The summed E-state index contributed by atoms with van der Waals surface area (Å²) in [6, 6.07) is 0.856. The van der Waals surface area contributed by atoms with Gasteiger partial charge in [-0.1, -0.05) is 0 Å². The Kier molecular flexibility index (Phi) is 3.57. The first-order valence-corrected chi connectivity index (χ1v) is 5.20. The number of nitrogens with zero attached hydrogens (tertiary/aromatic N) is 1. The molecule has 1 atom stereocenters. The van der Waals surface area contributed by atoms with E-state index in [2.05, 4.69) is 30.8 Å². The van der Waals surface area contributed by atoms with Crippen LogP contribution in [0.2, 0.25) is 0 Å². The third-order valence-corrected chi connectivity index (χ3v) is 3.25. The van der Waals surface area contributed by atoms with Crippen LogP contribution in [0.1, 0.15) is 19.3 Å². The fourth-order valence-corrected chi connectivity index (χ4v) is 2.42. The smallest absolute Gasteiger partial charge is 0.00973 e. The molecular formula is C8H17NS. The molecule has 0 spiro atoms. The van der Waals surface area contributed by atoms with Crippen LogP contribution in [0.15, 0.2) is 0 Å². The largest absolute Gasteiger partial charge is 0.306 e. The molecule has 0 saturated carbocycles. The second-order valence-electron chi connectivity index (χ2n) is 3.16. The highest BCUT2D eigenvalue weighted by Crippen LogP contribution is 2.19. The molecule has 0 radical (unpaired) electrons. The molecule has 0 bridgehead atoms. The lowest BCUT2D eigenvalue weighted by molar-refractivity contribution is 0.274. The van der Waals surface area contributed by atoms with Gasteiger partial charge < -0.3 is 4.90 Å². The average Bonchev–Trinajstić information content (AvgIpc) is 2.12. The first-order valence-electron chi connectivity index (χ1n) is 4.05. The molecule has 1 fully saturated rings. The predicted octanol–water partition coefficient (Wildman–Crippen LogP) is 1.83. The number of hydrogen-bond acceptors (Lipinski definition) is 2. The van der Waals surface area contributed by atoms with Crippen molar-refractivity contribution < 1.29 is 0 Å². The van der Waals surface area contributed by atoms with Crippen LogP contribution in [0.4, 0.5) is 0 Å². The minimum Gasteiger partial charge on any atom is -0.306 e. The summed E-state index contributed by atoms with van der Waals surface area (Å²) in [4.78, 5) is 2.37. The second-order valence-corrected chi connectivity index (χ2v) is 4.39. The molecule has 2 heteroatoms. The van der Waals surface area contributed by atoms with Crippen LogP contribution in [0.25, 0.3) is 0 Å². The lowest BCUT2D eigenvalue weighted by Crippen LogP contribution is -2.27. The van der Waals surface area contributed by atoms with E-state index in [1.54, 1.807) is 0 Å². The van der Waals surface area contributed by atoms with E-state index in [-0.39, 0.29) is 0 Å². The summed E-state index contributed by atoms with van der Waals surface area (Å²) in [6.45, 7) is 0. The molecule has 1 aliphatic heterocycles. The Balaban J connectivity index is 2.28.